The fourth-order valence-electron chi connectivity index (χ4n) is 0.355. The van der Waals surface area contributed by atoms with Crippen LogP contribution in [0.1, 0.15) is 6.92 Å². The van der Waals surface area contributed by atoms with Crippen molar-refractivity contribution < 1.29 is 8.85 Å². The second kappa shape index (κ2) is 5.02. The monoisotopic (exact) mass is 131 g/mol. The Morgan fingerprint density at radius 1 is 1.25 bits per heavy atom. The standard InChI is InChI=1S/C5H11O2Si/c1-4-5-8(6-2)7-3/h4-5H,1-3H3. The minimum Gasteiger partial charge on any atom is -0.394 e. The van der Waals surface area contributed by atoms with Crippen molar-refractivity contribution in [2.45, 2.75) is 6.92 Å². The minimum absolute atomic E-state index is 1.05. The molecule has 0 aromatic carbocycles. The molecule has 2 nitrogen and oxygen atoms in total. The molecule has 0 heterocycles. The third-order valence-corrected chi connectivity index (χ3v) is 2.12. The minimum atomic E-state index is -1.05. The van der Waals surface area contributed by atoms with Gasteiger partial charge < -0.3 is 8.85 Å². The van der Waals surface area contributed by atoms with Crippen LogP contribution in [0.4, 0.5) is 0 Å². The van der Waals surface area contributed by atoms with Gasteiger partial charge in [-0.2, -0.15) is 0 Å². The van der Waals surface area contributed by atoms with Crippen LogP contribution in [0.2, 0.25) is 0 Å². The molecule has 0 spiro atoms. The van der Waals surface area contributed by atoms with Crippen LogP contribution in [-0.2, 0) is 8.85 Å². The van der Waals surface area contributed by atoms with Crippen molar-refractivity contribution in [2.24, 2.45) is 0 Å². The Morgan fingerprint density at radius 2 is 1.75 bits per heavy atom. The van der Waals surface area contributed by atoms with E-state index >= 15 is 0 Å². The average Bonchev–Trinajstić information content (AvgIpc) is 1.83. The predicted octanol–water partition coefficient (Wildman–Crippen LogP) is 0.883. The van der Waals surface area contributed by atoms with Gasteiger partial charge in [0, 0.05) is 14.2 Å². The highest BCUT2D eigenvalue weighted by Gasteiger charge is 2.03. The molecule has 0 unspecified atom stereocenters. The Kier molecular flexibility index (Phi) is 4.95. The summed E-state index contributed by atoms with van der Waals surface area (Å²) in [6.45, 7) is 1.95. The first-order valence-corrected chi connectivity index (χ1v) is 3.82. The summed E-state index contributed by atoms with van der Waals surface area (Å²) >= 11 is 0. The first kappa shape index (κ1) is 7.88. The molecule has 0 aromatic rings. The maximum atomic E-state index is 4.93. The maximum absolute atomic E-state index is 4.93. The Labute approximate surface area is 52.0 Å². The number of rotatable bonds is 3. The molecule has 47 valence electrons. The molecule has 0 bridgehead atoms. The second-order valence-corrected chi connectivity index (χ2v) is 3.02. The topological polar surface area (TPSA) is 18.5 Å². The summed E-state index contributed by atoms with van der Waals surface area (Å²) in [5.41, 5.74) is 1.94. The molecule has 1 radical (unpaired) electrons. The quantitative estimate of drug-likeness (QED) is 0.529. The number of hydrogen-bond donors (Lipinski definition) is 0. The van der Waals surface area contributed by atoms with Gasteiger partial charge in [0.2, 0.25) is 0 Å². The van der Waals surface area contributed by atoms with Crippen LogP contribution in [0.3, 0.4) is 0 Å². The Hall–Kier alpha value is -0.123. The highest BCUT2D eigenvalue weighted by molar-refractivity contribution is 6.50. The lowest BCUT2D eigenvalue weighted by atomic mass is 10.8. The Balaban J connectivity index is 3.36. The summed E-state index contributed by atoms with van der Waals surface area (Å²) in [6.07, 6.45) is 1.93. The summed E-state index contributed by atoms with van der Waals surface area (Å²) in [4.78, 5) is 0. The molecule has 0 saturated carbocycles. The van der Waals surface area contributed by atoms with E-state index in [-0.39, 0.29) is 0 Å². The molecule has 0 aliphatic carbocycles. The zero-order chi connectivity index (χ0) is 6.41. The van der Waals surface area contributed by atoms with Gasteiger partial charge >= 0.3 is 9.28 Å². The zero-order valence-electron chi connectivity index (χ0n) is 5.47. The van der Waals surface area contributed by atoms with Crippen LogP contribution in [0, 0.1) is 0 Å². The van der Waals surface area contributed by atoms with Gasteiger partial charge in [0.15, 0.2) is 0 Å². The SMILES string of the molecule is CC=C[Si](OC)OC. The molecule has 8 heavy (non-hydrogen) atoms. The van der Waals surface area contributed by atoms with Gasteiger partial charge in [-0.25, -0.2) is 0 Å². The van der Waals surface area contributed by atoms with E-state index in [4.69, 9.17) is 8.85 Å². The molecular weight excluding hydrogens is 120 g/mol. The van der Waals surface area contributed by atoms with Crippen molar-refractivity contribution in [3.8, 4) is 0 Å². The van der Waals surface area contributed by atoms with E-state index < -0.39 is 9.28 Å². The molecule has 0 aliphatic rings. The van der Waals surface area contributed by atoms with Crippen molar-refractivity contribution in [1.82, 2.24) is 0 Å². The molecule has 3 heteroatoms. The summed E-state index contributed by atoms with van der Waals surface area (Å²) in [5.74, 6) is 0. The molecule has 0 aromatic heterocycles. The lowest BCUT2D eigenvalue weighted by molar-refractivity contribution is 0.290. The third kappa shape index (κ3) is 2.96. The molecule has 0 atom stereocenters. The zero-order valence-corrected chi connectivity index (χ0v) is 6.47. The van der Waals surface area contributed by atoms with E-state index in [0.29, 0.717) is 0 Å². The van der Waals surface area contributed by atoms with E-state index in [1.807, 2.05) is 18.7 Å². The first-order valence-electron chi connectivity index (χ1n) is 2.42. The number of hydrogen-bond acceptors (Lipinski definition) is 2. The Bertz CT molecular complexity index is 68.8. The van der Waals surface area contributed by atoms with Crippen molar-refractivity contribution in [1.29, 1.82) is 0 Å². The van der Waals surface area contributed by atoms with E-state index in [1.165, 1.54) is 0 Å². The van der Waals surface area contributed by atoms with Gasteiger partial charge in [0.05, 0.1) is 0 Å². The van der Waals surface area contributed by atoms with Gasteiger partial charge in [-0.05, 0) is 12.6 Å². The second-order valence-electron chi connectivity index (χ2n) is 1.23. The van der Waals surface area contributed by atoms with Gasteiger partial charge in [0.25, 0.3) is 0 Å². The van der Waals surface area contributed by atoms with Crippen LogP contribution >= 0.6 is 0 Å². The fraction of sp³-hybridized carbons (Fsp3) is 0.600. The molecule has 0 fully saturated rings. The third-order valence-electron chi connectivity index (χ3n) is 0.705. The average molecular weight is 131 g/mol. The summed E-state index contributed by atoms with van der Waals surface area (Å²) in [7, 11) is 2.25. The lowest BCUT2D eigenvalue weighted by Crippen LogP contribution is -2.15. The molecule has 0 rings (SSSR count). The number of allylic oxidation sites excluding steroid dienone is 1. The molecule has 0 saturated heterocycles. The van der Waals surface area contributed by atoms with Gasteiger partial charge in [0.1, 0.15) is 0 Å². The fourth-order valence-corrected chi connectivity index (χ4v) is 1.07. The van der Waals surface area contributed by atoms with E-state index in [9.17, 15) is 0 Å². The van der Waals surface area contributed by atoms with Crippen LogP contribution in [-0.4, -0.2) is 23.5 Å². The predicted molar refractivity (Wildman–Crippen MR) is 34.6 cm³/mol. The van der Waals surface area contributed by atoms with E-state index in [1.54, 1.807) is 14.2 Å². The highest BCUT2D eigenvalue weighted by atomic mass is 28.3. The van der Waals surface area contributed by atoms with E-state index in [2.05, 4.69) is 0 Å². The largest absolute Gasteiger partial charge is 0.414 e. The molecule has 0 amide bonds. The van der Waals surface area contributed by atoms with Crippen LogP contribution in [0.5, 0.6) is 0 Å². The van der Waals surface area contributed by atoms with Crippen LogP contribution < -0.4 is 0 Å². The smallest absolute Gasteiger partial charge is 0.394 e. The molecule has 0 aliphatic heterocycles. The van der Waals surface area contributed by atoms with Gasteiger partial charge in [-0.3, -0.25) is 0 Å². The van der Waals surface area contributed by atoms with Crippen LogP contribution in [0.15, 0.2) is 11.8 Å². The normalized spacial score (nSPS) is 11.5. The van der Waals surface area contributed by atoms with Crippen molar-refractivity contribution in [2.75, 3.05) is 14.2 Å². The summed E-state index contributed by atoms with van der Waals surface area (Å²) in [5, 5.41) is 0. The van der Waals surface area contributed by atoms with E-state index in [0.717, 1.165) is 0 Å². The van der Waals surface area contributed by atoms with Gasteiger partial charge in [-0.15, -0.1) is 0 Å². The lowest BCUT2D eigenvalue weighted by Gasteiger charge is -2.00. The van der Waals surface area contributed by atoms with Crippen molar-refractivity contribution >= 4 is 9.28 Å². The van der Waals surface area contributed by atoms with Gasteiger partial charge in [-0.1, -0.05) is 6.08 Å². The van der Waals surface area contributed by atoms with Crippen molar-refractivity contribution in [3.05, 3.63) is 11.8 Å². The van der Waals surface area contributed by atoms with Crippen molar-refractivity contribution in [3.63, 3.8) is 0 Å². The van der Waals surface area contributed by atoms with Crippen LogP contribution in [0.25, 0.3) is 0 Å². The summed E-state index contributed by atoms with van der Waals surface area (Å²) in [6, 6.07) is 0. The molecular formula is C5H11O2Si. The highest BCUT2D eigenvalue weighted by Crippen LogP contribution is 1.84. The molecule has 0 N–H and O–H groups in total. The Morgan fingerprint density at radius 3 is 1.88 bits per heavy atom. The first-order chi connectivity index (χ1) is 3.85. The maximum Gasteiger partial charge on any atom is 0.414 e. The summed E-state index contributed by atoms with van der Waals surface area (Å²) < 4.78 is 9.87.